The normalized spacial score (nSPS) is 12.5. The summed E-state index contributed by atoms with van der Waals surface area (Å²) in [5.74, 6) is -4.39. The van der Waals surface area contributed by atoms with E-state index < -0.39 is 40.6 Å². The molecule has 0 aliphatic carbocycles. The smallest absolute Gasteiger partial charge is 0.491 e. The number of ether oxygens (including phenoxy) is 2. The van der Waals surface area contributed by atoms with Crippen LogP contribution in [0.3, 0.4) is 0 Å². The van der Waals surface area contributed by atoms with Crippen LogP contribution in [0.2, 0.25) is 0 Å². The molecule has 5 N–H and O–H groups in total. The van der Waals surface area contributed by atoms with Gasteiger partial charge in [0.15, 0.2) is 0 Å². The average Bonchev–Trinajstić information content (AvgIpc) is 3.32. The maximum atomic E-state index is 12.5. The lowest BCUT2D eigenvalue weighted by Gasteiger charge is -2.17. The summed E-state index contributed by atoms with van der Waals surface area (Å²) in [5, 5.41) is 9.65. The second kappa shape index (κ2) is 12.5. The first kappa shape index (κ1) is 28.0. The maximum absolute atomic E-state index is 12.5. The summed E-state index contributed by atoms with van der Waals surface area (Å²) in [4.78, 5) is 28.0. The van der Waals surface area contributed by atoms with E-state index in [2.05, 4.69) is 10.2 Å². The number of halogens is 3. The van der Waals surface area contributed by atoms with Crippen LogP contribution in [0.4, 0.5) is 13.2 Å². The minimum atomic E-state index is -5.43. The van der Waals surface area contributed by atoms with Gasteiger partial charge in [0.25, 0.3) is 0 Å². The summed E-state index contributed by atoms with van der Waals surface area (Å²) in [5.41, 5.74) is 7.56. The van der Waals surface area contributed by atoms with Crippen molar-refractivity contribution in [1.29, 1.82) is 5.41 Å². The second-order valence-corrected chi connectivity index (χ2v) is 9.25. The standard InChI is InChI=1S/C19H21F3N4O7S2/c20-19(21,22)17(28)33-16(27)15(26-35(29,30)14-6-9-34-11-14)10-12-2-4-13(5-3-12)31-7-1-8-32-25-18(23)24/h2-6,9,11,15,26H,1,7-8,10H2,(H4,23,24,25)/t15-/m0/s1. The molecule has 1 aromatic heterocycles. The number of guanidine groups is 1. The van der Waals surface area contributed by atoms with Crippen LogP contribution < -0.4 is 20.7 Å². The predicted molar refractivity (Wildman–Crippen MR) is 117 cm³/mol. The molecule has 0 aliphatic rings. The van der Waals surface area contributed by atoms with E-state index in [1.807, 2.05) is 4.72 Å². The number of alkyl halides is 3. The Bertz CT molecular complexity index is 1110. The molecule has 0 aliphatic heterocycles. The fourth-order valence-electron chi connectivity index (χ4n) is 2.46. The van der Waals surface area contributed by atoms with E-state index >= 15 is 0 Å². The molecule has 1 heterocycles. The Morgan fingerprint density at radius 3 is 2.40 bits per heavy atom. The number of rotatable bonds is 12. The van der Waals surface area contributed by atoms with Crippen molar-refractivity contribution in [3.05, 3.63) is 46.7 Å². The van der Waals surface area contributed by atoms with Crippen molar-refractivity contribution in [2.24, 2.45) is 5.73 Å². The van der Waals surface area contributed by atoms with Crippen molar-refractivity contribution in [3.8, 4) is 5.75 Å². The highest BCUT2D eigenvalue weighted by Gasteiger charge is 2.43. The third-order valence-electron chi connectivity index (χ3n) is 4.02. The number of carbonyl (C=O) groups excluding carboxylic acids is 2. The van der Waals surface area contributed by atoms with Gasteiger partial charge in [-0.2, -0.15) is 29.2 Å². The fraction of sp³-hybridized carbons (Fsp3) is 0.316. The molecule has 0 bridgehead atoms. The van der Waals surface area contributed by atoms with Crippen LogP contribution in [0.25, 0.3) is 0 Å². The number of sulfonamides is 1. The molecule has 0 unspecified atom stereocenters. The number of hydrogen-bond donors (Lipinski definition) is 4. The van der Waals surface area contributed by atoms with Gasteiger partial charge in [0, 0.05) is 11.8 Å². The van der Waals surface area contributed by atoms with E-state index in [1.54, 1.807) is 0 Å². The topological polar surface area (TPSA) is 170 Å². The van der Waals surface area contributed by atoms with Gasteiger partial charge in [-0.1, -0.05) is 12.1 Å². The number of hydrogen-bond acceptors (Lipinski definition) is 9. The Balaban J connectivity index is 2.04. The van der Waals surface area contributed by atoms with E-state index in [0.29, 0.717) is 17.7 Å². The van der Waals surface area contributed by atoms with Crippen LogP contribution in [0.15, 0.2) is 46.0 Å². The molecule has 0 spiro atoms. The summed E-state index contributed by atoms with van der Waals surface area (Å²) in [7, 11) is -4.28. The Morgan fingerprint density at radius 2 is 1.83 bits per heavy atom. The lowest BCUT2D eigenvalue weighted by molar-refractivity contribution is -0.202. The van der Waals surface area contributed by atoms with Crippen LogP contribution in [-0.4, -0.2) is 51.7 Å². The molecule has 192 valence electrons. The molecule has 0 fully saturated rings. The second-order valence-electron chi connectivity index (χ2n) is 6.75. The molecule has 0 saturated carbocycles. The fourth-order valence-corrected chi connectivity index (χ4v) is 4.67. The highest BCUT2D eigenvalue weighted by molar-refractivity contribution is 7.89. The number of benzene rings is 1. The van der Waals surface area contributed by atoms with Gasteiger partial charge in [0.2, 0.25) is 16.0 Å². The van der Waals surface area contributed by atoms with Crippen molar-refractivity contribution < 1.29 is 45.5 Å². The Morgan fingerprint density at radius 1 is 1.14 bits per heavy atom. The van der Waals surface area contributed by atoms with Gasteiger partial charge in [-0.3, -0.25) is 10.2 Å². The van der Waals surface area contributed by atoms with Gasteiger partial charge in [-0.05, 0) is 35.6 Å². The minimum Gasteiger partial charge on any atom is -0.494 e. The molecule has 35 heavy (non-hydrogen) atoms. The number of nitrogens with two attached hydrogens (primary N) is 1. The first-order valence-electron chi connectivity index (χ1n) is 9.69. The molecule has 11 nitrogen and oxygen atoms in total. The summed E-state index contributed by atoms with van der Waals surface area (Å²) >= 11 is 1.05. The van der Waals surface area contributed by atoms with Crippen molar-refractivity contribution in [3.63, 3.8) is 0 Å². The SMILES string of the molecule is N=C(N)NOCCCOc1ccc(C[C@H](NS(=O)(=O)c2ccsc2)C(=O)OC(=O)C(F)(F)F)cc1. The van der Waals surface area contributed by atoms with Crippen molar-refractivity contribution in [2.75, 3.05) is 13.2 Å². The van der Waals surface area contributed by atoms with Gasteiger partial charge < -0.3 is 15.2 Å². The molecule has 16 heteroatoms. The van der Waals surface area contributed by atoms with Crippen LogP contribution in [0, 0.1) is 5.41 Å². The number of nitrogens with one attached hydrogen (secondary N) is 3. The Kier molecular flexibility index (Phi) is 10.00. The first-order valence-corrected chi connectivity index (χ1v) is 12.1. The van der Waals surface area contributed by atoms with Crippen molar-refractivity contribution >= 4 is 39.3 Å². The number of esters is 2. The highest BCUT2D eigenvalue weighted by atomic mass is 32.2. The summed E-state index contributed by atoms with van der Waals surface area (Å²) in [6.45, 7) is 0.455. The lowest BCUT2D eigenvalue weighted by Crippen LogP contribution is -2.45. The van der Waals surface area contributed by atoms with E-state index in [9.17, 15) is 31.2 Å². The predicted octanol–water partition coefficient (Wildman–Crippen LogP) is 1.45. The van der Waals surface area contributed by atoms with Gasteiger partial charge in [0.05, 0.1) is 18.1 Å². The van der Waals surface area contributed by atoms with Crippen molar-refractivity contribution in [1.82, 2.24) is 10.2 Å². The monoisotopic (exact) mass is 538 g/mol. The maximum Gasteiger partial charge on any atom is 0.491 e. The lowest BCUT2D eigenvalue weighted by atomic mass is 10.1. The number of hydroxylamine groups is 1. The molecule has 2 rings (SSSR count). The minimum absolute atomic E-state index is 0.200. The number of carbonyl (C=O) groups is 2. The summed E-state index contributed by atoms with van der Waals surface area (Å²) in [6, 6.07) is 5.36. The van der Waals surface area contributed by atoms with Crippen molar-refractivity contribution in [2.45, 2.75) is 30.0 Å². The number of thiophene rings is 1. The van der Waals surface area contributed by atoms with Gasteiger partial charge in [-0.15, -0.1) is 0 Å². The first-order chi connectivity index (χ1) is 16.4. The zero-order valence-corrected chi connectivity index (χ0v) is 19.5. The van der Waals surface area contributed by atoms with Gasteiger partial charge >= 0.3 is 18.1 Å². The quantitative estimate of drug-likeness (QED) is 0.0780. The zero-order valence-electron chi connectivity index (χ0n) is 17.8. The Labute approximate surface area is 201 Å². The zero-order chi connectivity index (χ0) is 26.1. The Hall–Kier alpha value is -3.21. The molecule has 2 aromatic rings. The molecule has 0 radical (unpaired) electrons. The van der Waals surface area contributed by atoms with Gasteiger partial charge in [0.1, 0.15) is 11.8 Å². The van der Waals surface area contributed by atoms with E-state index in [1.165, 1.54) is 41.1 Å². The van der Waals surface area contributed by atoms with E-state index in [0.717, 1.165) is 11.3 Å². The van der Waals surface area contributed by atoms with Crippen LogP contribution in [0.5, 0.6) is 5.75 Å². The summed E-state index contributed by atoms with van der Waals surface area (Å²) < 4.78 is 73.8. The molecule has 1 aromatic carbocycles. The van der Waals surface area contributed by atoms with Gasteiger partial charge in [-0.25, -0.2) is 23.5 Å². The van der Waals surface area contributed by atoms with Crippen LogP contribution in [0.1, 0.15) is 12.0 Å². The third kappa shape index (κ3) is 9.51. The van der Waals surface area contributed by atoms with E-state index in [4.69, 9.17) is 20.7 Å². The largest absolute Gasteiger partial charge is 0.494 e. The van der Waals surface area contributed by atoms with Crippen LogP contribution in [-0.2, 0) is 35.6 Å². The third-order valence-corrected chi connectivity index (χ3v) is 6.32. The average molecular weight is 539 g/mol. The van der Waals surface area contributed by atoms with E-state index in [-0.39, 0.29) is 24.1 Å². The molecule has 1 atom stereocenters. The molecular weight excluding hydrogens is 517 g/mol. The summed E-state index contributed by atoms with van der Waals surface area (Å²) in [6.07, 6.45) is -5.38. The highest BCUT2D eigenvalue weighted by Crippen LogP contribution is 2.20. The van der Waals surface area contributed by atoms with Crippen LogP contribution >= 0.6 is 11.3 Å². The molecule has 0 saturated heterocycles. The molecular formula is C19H21F3N4O7S2. The molecule has 0 amide bonds.